The molecule has 132 valence electrons. The van der Waals surface area contributed by atoms with Crippen LogP contribution in [-0.2, 0) is 9.47 Å². The molecule has 5 nitrogen and oxygen atoms in total. The molecule has 0 saturated heterocycles. The second-order valence-corrected chi connectivity index (χ2v) is 6.24. The van der Waals surface area contributed by atoms with Gasteiger partial charge in [-0.05, 0) is 31.1 Å². The van der Waals surface area contributed by atoms with Gasteiger partial charge in [0.1, 0.15) is 0 Å². The molecule has 1 aliphatic rings. The first kappa shape index (κ1) is 21.9. The highest BCUT2D eigenvalue weighted by Crippen LogP contribution is 2.28. The molecule has 1 saturated carbocycles. The number of guanidine groups is 1. The van der Waals surface area contributed by atoms with Gasteiger partial charge in [-0.25, -0.2) is 0 Å². The molecule has 22 heavy (non-hydrogen) atoms. The molecule has 0 radical (unpaired) electrons. The van der Waals surface area contributed by atoms with Gasteiger partial charge in [-0.1, -0.05) is 13.8 Å². The third kappa shape index (κ3) is 11.5. The van der Waals surface area contributed by atoms with Crippen molar-refractivity contribution in [2.24, 2.45) is 16.8 Å². The van der Waals surface area contributed by atoms with Crippen molar-refractivity contribution in [1.82, 2.24) is 10.2 Å². The monoisotopic (exact) mass is 427 g/mol. The number of nitrogens with one attached hydrogen (secondary N) is 1. The van der Waals surface area contributed by atoms with Gasteiger partial charge in [0, 0.05) is 47.0 Å². The molecule has 1 rings (SSSR count). The van der Waals surface area contributed by atoms with Gasteiger partial charge in [-0.3, -0.25) is 4.99 Å². The van der Waals surface area contributed by atoms with Crippen LogP contribution in [0, 0.1) is 11.8 Å². The SMILES string of the molecule is CN=C(NCCCOCC(C)C)N(C)CCOCC1CC1.I. The van der Waals surface area contributed by atoms with Gasteiger partial charge in [0.2, 0.25) is 0 Å². The van der Waals surface area contributed by atoms with Crippen molar-refractivity contribution >= 4 is 29.9 Å². The van der Waals surface area contributed by atoms with E-state index in [9.17, 15) is 0 Å². The highest BCUT2D eigenvalue weighted by atomic mass is 127. The summed E-state index contributed by atoms with van der Waals surface area (Å²) < 4.78 is 11.2. The minimum absolute atomic E-state index is 0. The average molecular weight is 427 g/mol. The van der Waals surface area contributed by atoms with Crippen LogP contribution in [0.15, 0.2) is 4.99 Å². The molecule has 0 bridgehead atoms. The smallest absolute Gasteiger partial charge is 0.193 e. The summed E-state index contributed by atoms with van der Waals surface area (Å²) in [6, 6.07) is 0. The van der Waals surface area contributed by atoms with Crippen LogP contribution in [-0.4, -0.2) is 64.5 Å². The highest BCUT2D eigenvalue weighted by Gasteiger charge is 2.21. The second kappa shape index (κ2) is 13.4. The van der Waals surface area contributed by atoms with Crippen molar-refractivity contribution in [1.29, 1.82) is 0 Å². The van der Waals surface area contributed by atoms with E-state index in [0.717, 1.165) is 57.8 Å². The first-order valence-corrected chi connectivity index (χ1v) is 8.20. The Morgan fingerprint density at radius 1 is 1.27 bits per heavy atom. The van der Waals surface area contributed by atoms with Crippen molar-refractivity contribution < 1.29 is 9.47 Å². The van der Waals surface area contributed by atoms with Crippen LogP contribution < -0.4 is 5.32 Å². The van der Waals surface area contributed by atoms with E-state index < -0.39 is 0 Å². The van der Waals surface area contributed by atoms with E-state index >= 15 is 0 Å². The fourth-order valence-electron chi connectivity index (χ4n) is 1.92. The Hall–Kier alpha value is -0.0800. The topological polar surface area (TPSA) is 46.1 Å². The van der Waals surface area contributed by atoms with Crippen molar-refractivity contribution in [2.45, 2.75) is 33.1 Å². The third-order valence-electron chi connectivity index (χ3n) is 3.39. The number of likely N-dealkylation sites (N-methyl/N-ethyl adjacent to an activating group) is 1. The fourth-order valence-corrected chi connectivity index (χ4v) is 1.92. The standard InChI is InChI=1S/C16H33N3O2.HI/c1-14(2)12-20-10-5-8-18-16(17-3)19(4)9-11-21-13-15-6-7-15;/h14-15H,5-13H2,1-4H3,(H,17,18);1H. The van der Waals surface area contributed by atoms with Crippen LogP contribution in [0.5, 0.6) is 0 Å². The Bertz CT molecular complexity index is 297. The maximum Gasteiger partial charge on any atom is 0.193 e. The molecule has 1 N–H and O–H groups in total. The van der Waals surface area contributed by atoms with Gasteiger partial charge in [-0.2, -0.15) is 0 Å². The molecule has 0 aromatic heterocycles. The number of nitrogens with zero attached hydrogens (tertiary/aromatic N) is 2. The summed E-state index contributed by atoms with van der Waals surface area (Å²) in [4.78, 5) is 6.41. The zero-order valence-electron chi connectivity index (χ0n) is 14.6. The number of aliphatic imine (C=N–C) groups is 1. The van der Waals surface area contributed by atoms with Gasteiger partial charge in [-0.15, -0.1) is 24.0 Å². The van der Waals surface area contributed by atoms with Crippen molar-refractivity contribution in [3.8, 4) is 0 Å². The summed E-state index contributed by atoms with van der Waals surface area (Å²) in [5.41, 5.74) is 0. The molecular weight excluding hydrogens is 393 g/mol. The van der Waals surface area contributed by atoms with Gasteiger partial charge >= 0.3 is 0 Å². The fraction of sp³-hybridized carbons (Fsp3) is 0.938. The summed E-state index contributed by atoms with van der Waals surface area (Å²) in [6.07, 6.45) is 3.69. The summed E-state index contributed by atoms with van der Waals surface area (Å²) in [5.74, 6) is 2.36. The van der Waals surface area contributed by atoms with E-state index in [-0.39, 0.29) is 24.0 Å². The Labute approximate surface area is 153 Å². The molecule has 0 aliphatic heterocycles. The van der Waals surface area contributed by atoms with Crippen molar-refractivity contribution in [3.05, 3.63) is 0 Å². The molecule has 0 spiro atoms. The van der Waals surface area contributed by atoms with E-state index in [4.69, 9.17) is 9.47 Å². The maximum absolute atomic E-state index is 5.66. The lowest BCUT2D eigenvalue weighted by molar-refractivity contribution is 0.108. The van der Waals surface area contributed by atoms with Gasteiger partial charge in [0.05, 0.1) is 6.61 Å². The molecule has 1 fully saturated rings. The Morgan fingerprint density at radius 2 is 2.00 bits per heavy atom. The van der Waals surface area contributed by atoms with Crippen molar-refractivity contribution in [2.75, 3.05) is 53.6 Å². The largest absolute Gasteiger partial charge is 0.381 e. The average Bonchev–Trinajstić information content (AvgIpc) is 3.26. The number of hydrogen-bond acceptors (Lipinski definition) is 3. The highest BCUT2D eigenvalue weighted by molar-refractivity contribution is 14.0. The lowest BCUT2D eigenvalue weighted by atomic mass is 10.2. The quantitative estimate of drug-likeness (QED) is 0.238. The van der Waals surface area contributed by atoms with E-state index in [1.807, 2.05) is 14.1 Å². The zero-order chi connectivity index (χ0) is 15.5. The number of rotatable bonds is 11. The van der Waals surface area contributed by atoms with Crippen LogP contribution in [0.4, 0.5) is 0 Å². The molecule has 0 heterocycles. The van der Waals surface area contributed by atoms with Crippen LogP contribution in [0.1, 0.15) is 33.1 Å². The predicted molar refractivity (Wildman–Crippen MR) is 103 cm³/mol. The molecule has 0 aromatic rings. The van der Waals surface area contributed by atoms with E-state index in [1.165, 1.54) is 12.8 Å². The number of ether oxygens (including phenoxy) is 2. The van der Waals surface area contributed by atoms with E-state index in [2.05, 4.69) is 29.1 Å². The summed E-state index contributed by atoms with van der Waals surface area (Å²) in [5, 5.41) is 3.36. The number of hydrogen-bond donors (Lipinski definition) is 1. The van der Waals surface area contributed by atoms with E-state index in [0.29, 0.717) is 5.92 Å². The molecular formula is C16H34IN3O2. The molecule has 0 aromatic carbocycles. The molecule has 0 amide bonds. The lowest BCUT2D eigenvalue weighted by Crippen LogP contribution is -2.41. The summed E-state index contributed by atoms with van der Waals surface area (Å²) in [7, 11) is 3.87. The first-order valence-electron chi connectivity index (χ1n) is 8.20. The molecule has 0 unspecified atom stereocenters. The third-order valence-corrected chi connectivity index (χ3v) is 3.39. The van der Waals surface area contributed by atoms with E-state index in [1.54, 1.807) is 0 Å². The summed E-state index contributed by atoms with van der Waals surface area (Å²) >= 11 is 0. The molecule has 1 aliphatic carbocycles. The molecule has 0 atom stereocenters. The normalized spacial score (nSPS) is 14.9. The van der Waals surface area contributed by atoms with Crippen LogP contribution >= 0.6 is 24.0 Å². The zero-order valence-corrected chi connectivity index (χ0v) is 17.0. The van der Waals surface area contributed by atoms with Crippen molar-refractivity contribution in [3.63, 3.8) is 0 Å². The summed E-state index contributed by atoms with van der Waals surface area (Å²) in [6.45, 7) is 9.43. The Morgan fingerprint density at radius 3 is 2.59 bits per heavy atom. The Kier molecular flexibility index (Phi) is 13.3. The number of halogens is 1. The Balaban J connectivity index is 0.00000441. The van der Waals surface area contributed by atoms with Crippen LogP contribution in [0.2, 0.25) is 0 Å². The van der Waals surface area contributed by atoms with Crippen LogP contribution in [0.25, 0.3) is 0 Å². The predicted octanol–water partition coefficient (Wildman–Crippen LogP) is 2.60. The van der Waals surface area contributed by atoms with Crippen LogP contribution in [0.3, 0.4) is 0 Å². The second-order valence-electron chi connectivity index (χ2n) is 6.24. The van der Waals surface area contributed by atoms with Gasteiger partial charge in [0.15, 0.2) is 5.96 Å². The maximum atomic E-state index is 5.66. The van der Waals surface area contributed by atoms with Gasteiger partial charge in [0.25, 0.3) is 0 Å². The first-order chi connectivity index (χ1) is 10.1. The minimum Gasteiger partial charge on any atom is -0.381 e. The minimum atomic E-state index is 0. The van der Waals surface area contributed by atoms with Gasteiger partial charge < -0.3 is 19.7 Å². The lowest BCUT2D eigenvalue weighted by Gasteiger charge is -2.22. The molecule has 6 heteroatoms.